The molecule has 4 nitrogen and oxygen atoms in total. The van der Waals surface area contributed by atoms with Crippen LogP contribution < -0.4 is 5.32 Å². The smallest absolute Gasteiger partial charge is 0.240 e. The second-order valence-corrected chi connectivity index (χ2v) is 8.31. The normalized spacial score (nSPS) is 19.7. The Morgan fingerprint density at radius 3 is 2.70 bits per heavy atom. The Labute approximate surface area is 164 Å². The van der Waals surface area contributed by atoms with Gasteiger partial charge in [-0.25, -0.2) is 4.98 Å². The van der Waals surface area contributed by atoms with Crippen molar-refractivity contribution in [3.8, 4) is 22.0 Å². The molecule has 1 aliphatic rings. The van der Waals surface area contributed by atoms with Crippen LogP contribution in [-0.2, 0) is 11.3 Å². The number of rotatable bonds is 5. The summed E-state index contributed by atoms with van der Waals surface area (Å²) in [4.78, 5) is 17.3. The molecule has 0 saturated heterocycles. The predicted octanol–water partition coefficient (Wildman–Crippen LogP) is 4.97. The van der Waals surface area contributed by atoms with Gasteiger partial charge in [0.1, 0.15) is 11.6 Å². The lowest BCUT2D eigenvalue weighted by Crippen LogP contribution is -2.39. The molecule has 0 aliphatic heterocycles. The quantitative estimate of drug-likeness (QED) is 0.680. The number of benzene rings is 1. The predicted molar refractivity (Wildman–Crippen MR) is 111 cm³/mol. The number of thiazole rings is 1. The fourth-order valence-electron chi connectivity index (χ4n) is 3.71. The molecule has 1 aliphatic carbocycles. The first-order chi connectivity index (χ1) is 13.2. The zero-order chi connectivity index (χ0) is 18.6. The van der Waals surface area contributed by atoms with Crippen LogP contribution in [0, 0.1) is 5.92 Å². The highest BCUT2D eigenvalue weighted by Gasteiger charge is 2.20. The lowest BCUT2D eigenvalue weighted by molar-refractivity contribution is -0.122. The second-order valence-electron chi connectivity index (χ2n) is 7.45. The molecule has 27 heavy (non-hydrogen) atoms. The number of nitrogens with one attached hydrogen (secondary N) is 1. The Morgan fingerprint density at radius 2 is 1.93 bits per heavy atom. The Bertz CT molecular complexity index is 891. The summed E-state index contributed by atoms with van der Waals surface area (Å²) in [6, 6.07) is 14.5. The van der Waals surface area contributed by atoms with Gasteiger partial charge in [-0.15, -0.1) is 11.3 Å². The average molecular weight is 380 g/mol. The molecule has 1 fully saturated rings. The van der Waals surface area contributed by atoms with Crippen molar-refractivity contribution in [1.82, 2.24) is 14.9 Å². The van der Waals surface area contributed by atoms with Gasteiger partial charge in [-0.05, 0) is 43.7 Å². The molecule has 2 aromatic heterocycles. The minimum atomic E-state index is 0.0897. The summed E-state index contributed by atoms with van der Waals surface area (Å²) in [6.45, 7) is 2.64. The van der Waals surface area contributed by atoms with Gasteiger partial charge < -0.3 is 9.88 Å². The van der Waals surface area contributed by atoms with Crippen LogP contribution in [0.4, 0.5) is 0 Å². The lowest BCUT2D eigenvalue weighted by atomic mass is 9.87. The summed E-state index contributed by atoms with van der Waals surface area (Å²) >= 11 is 1.62. The van der Waals surface area contributed by atoms with Crippen LogP contribution in [0.2, 0.25) is 0 Å². The van der Waals surface area contributed by atoms with Gasteiger partial charge in [-0.2, -0.15) is 0 Å². The zero-order valence-corrected chi connectivity index (χ0v) is 16.4. The Balaban J connectivity index is 1.44. The van der Waals surface area contributed by atoms with E-state index in [9.17, 15) is 4.79 Å². The van der Waals surface area contributed by atoms with Crippen molar-refractivity contribution in [1.29, 1.82) is 0 Å². The number of amides is 1. The summed E-state index contributed by atoms with van der Waals surface area (Å²) in [5, 5.41) is 6.23. The summed E-state index contributed by atoms with van der Waals surface area (Å²) in [7, 11) is 0. The maximum atomic E-state index is 12.5. The Morgan fingerprint density at radius 1 is 1.15 bits per heavy atom. The van der Waals surface area contributed by atoms with Crippen LogP contribution in [-0.4, -0.2) is 21.5 Å². The van der Waals surface area contributed by atoms with E-state index in [0.29, 0.717) is 12.6 Å². The molecule has 1 saturated carbocycles. The summed E-state index contributed by atoms with van der Waals surface area (Å²) in [5.41, 5.74) is 3.08. The van der Waals surface area contributed by atoms with Crippen LogP contribution in [0.15, 0.2) is 54.0 Å². The van der Waals surface area contributed by atoms with Crippen LogP contribution in [0.25, 0.3) is 22.0 Å². The molecule has 1 amide bonds. The first kappa shape index (κ1) is 18.0. The van der Waals surface area contributed by atoms with Crippen molar-refractivity contribution in [2.24, 2.45) is 5.92 Å². The van der Waals surface area contributed by atoms with E-state index in [2.05, 4.69) is 29.8 Å². The van der Waals surface area contributed by atoms with E-state index in [-0.39, 0.29) is 5.91 Å². The van der Waals surface area contributed by atoms with Gasteiger partial charge in [0.25, 0.3) is 0 Å². The molecule has 4 rings (SSSR count). The SMILES string of the molecule is CC1CCC(NC(=O)Cn2cccc2-c2nc(-c3ccccc3)cs2)CC1. The first-order valence-electron chi connectivity index (χ1n) is 9.65. The van der Waals surface area contributed by atoms with Gasteiger partial charge in [0.15, 0.2) is 0 Å². The molecular formula is C22H25N3OS. The number of carbonyl (C=O) groups excluding carboxylic acids is 1. The lowest BCUT2D eigenvalue weighted by Gasteiger charge is -2.27. The molecule has 140 valence electrons. The molecule has 2 heterocycles. The van der Waals surface area contributed by atoms with Crippen LogP contribution in [0.5, 0.6) is 0 Å². The van der Waals surface area contributed by atoms with Crippen molar-refractivity contribution < 1.29 is 4.79 Å². The highest BCUT2D eigenvalue weighted by atomic mass is 32.1. The van der Waals surface area contributed by atoms with Crippen molar-refractivity contribution in [2.45, 2.75) is 45.2 Å². The third-order valence-electron chi connectivity index (χ3n) is 5.32. The minimum absolute atomic E-state index is 0.0897. The fraction of sp³-hybridized carbons (Fsp3) is 0.364. The topological polar surface area (TPSA) is 46.9 Å². The van der Waals surface area contributed by atoms with Gasteiger partial charge in [-0.1, -0.05) is 37.3 Å². The van der Waals surface area contributed by atoms with Gasteiger partial charge in [0.2, 0.25) is 5.91 Å². The zero-order valence-electron chi connectivity index (χ0n) is 15.6. The molecule has 1 aromatic carbocycles. The Kier molecular flexibility index (Phi) is 5.39. The maximum Gasteiger partial charge on any atom is 0.240 e. The standard InChI is InChI=1S/C22H25N3OS/c1-16-9-11-18(12-10-16)23-21(26)14-25-13-5-8-20(25)22-24-19(15-27-22)17-6-3-2-4-7-17/h2-8,13,15-16,18H,9-12,14H2,1H3,(H,23,26). The number of carbonyl (C=O) groups is 1. The van der Waals surface area contributed by atoms with Crippen molar-refractivity contribution in [2.75, 3.05) is 0 Å². The molecule has 0 atom stereocenters. The largest absolute Gasteiger partial charge is 0.352 e. The van der Waals surface area contributed by atoms with Crippen LogP contribution >= 0.6 is 11.3 Å². The van der Waals surface area contributed by atoms with Gasteiger partial charge in [0, 0.05) is 23.2 Å². The van der Waals surface area contributed by atoms with Gasteiger partial charge >= 0.3 is 0 Å². The number of aromatic nitrogens is 2. The second kappa shape index (κ2) is 8.09. The van der Waals surface area contributed by atoms with Crippen LogP contribution in [0.3, 0.4) is 0 Å². The molecule has 1 N–H and O–H groups in total. The molecule has 0 spiro atoms. The monoisotopic (exact) mass is 379 g/mol. The van der Waals surface area contributed by atoms with E-state index < -0.39 is 0 Å². The number of nitrogens with zero attached hydrogens (tertiary/aromatic N) is 2. The van der Waals surface area contributed by atoms with E-state index in [1.54, 1.807) is 11.3 Å². The van der Waals surface area contributed by atoms with E-state index in [4.69, 9.17) is 4.98 Å². The summed E-state index contributed by atoms with van der Waals surface area (Å²) in [5.74, 6) is 0.879. The average Bonchev–Trinajstić information content (AvgIpc) is 3.33. The third kappa shape index (κ3) is 4.30. The minimum Gasteiger partial charge on any atom is -0.352 e. The Hall–Kier alpha value is -2.40. The summed E-state index contributed by atoms with van der Waals surface area (Å²) < 4.78 is 1.99. The molecule has 0 bridgehead atoms. The molecule has 3 aromatic rings. The third-order valence-corrected chi connectivity index (χ3v) is 6.18. The van der Waals surface area contributed by atoms with Crippen LogP contribution in [0.1, 0.15) is 32.6 Å². The molecule has 5 heteroatoms. The van der Waals surface area contributed by atoms with Crippen molar-refractivity contribution >= 4 is 17.2 Å². The maximum absolute atomic E-state index is 12.5. The highest BCUT2D eigenvalue weighted by Crippen LogP contribution is 2.29. The molecule has 0 unspecified atom stereocenters. The molecular weight excluding hydrogens is 354 g/mol. The molecule has 0 radical (unpaired) electrons. The van der Waals surface area contributed by atoms with E-state index in [1.807, 2.05) is 41.1 Å². The highest BCUT2D eigenvalue weighted by molar-refractivity contribution is 7.13. The summed E-state index contributed by atoms with van der Waals surface area (Å²) in [6.07, 6.45) is 6.57. The van der Waals surface area contributed by atoms with E-state index in [0.717, 1.165) is 40.7 Å². The van der Waals surface area contributed by atoms with Crippen molar-refractivity contribution in [3.05, 3.63) is 54.0 Å². The van der Waals surface area contributed by atoms with E-state index >= 15 is 0 Å². The van der Waals surface area contributed by atoms with Crippen molar-refractivity contribution in [3.63, 3.8) is 0 Å². The van der Waals surface area contributed by atoms with Gasteiger partial charge in [0.05, 0.1) is 11.4 Å². The number of hydrogen-bond acceptors (Lipinski definition) is 3. The first-order valence-corrected chi connectivity index (χ1v) is 10.5. The number of hydrogen-bond donors (Lipinski definition) is 1. The fourth-order valence-corrected chi connectivity index (χ4v) is 4.58. The van der Waals surface area contributed by atoms with E-state index in [1.165, 1.54) is 12.8 Å². The van der Waals surface area contributed by atoms with Gasteiger partial charge in [-0.3, -0.25) is 4.79 Å².